The molecule has 0 saturated carbocycles. The summed E-state index contributed by atoms with van der Waals surface area (Å²) in [6.07, 6.45) is -21.3. The molecule has 12 rings (SSSR count). The lowest BCUT2D eigenvalue weighted by Crippen LogP contribution is -2.66. The van der Waals surface area contributed by atoms with Gasteiger partial charge in [-0.15, -0.1) is 0 Å². The number of fused-ring (bicyclic) bond motifs is 2. The Morgan fingerprint density at radius 3 is 1.13 bits per heavy atom. The monoisotopic (exact) mass is 1770 g/mol. The van der Waals surface area contributed by atoms with Crippen LogP contribution in [-0.2, 0) is 146 Å². The molecule has 10 saturated heterocycles. The molecular formula is C88H134Cl3NO29. The van der Waals surface area contributed by atoms with Crippen molar-refractivity contribution in [2.45, 2.75) is 380 Å². The first-order valence-electron chi connectivity index (χ1n) is 43.0. The van der Waals surface area contributed by atoms with Gasteiger partial charge in [0, 0.05) is 51.4 Å². The molecule has 0 spiro atoms. The van der Waals surface area contributed by atoms with E-state index in [9.17, 15) is 24.3 Å². The molecule has 0 amide bonds. The van der Waals surface area contributed by atoms with Crippen LogP contribution >= 0.6 is 34.8 Å². The molecule has 33 heteroatoms. The Morgan fingerprint density at radius 1 is 0.388 bits per heavy atom. The summed E-state index contributed by atoms with van der Waals surface area (Å²) in [5.41, 5.74) is 1.87. The maximum Gasteiger partial charge on any atom is 0.303 e. The molecule has 0 radical (unpaired) electrons. The fraction of sp³-hybridized carbons (Fsp3) is 0.807. The molecule has 0 aliphatic carbocycles. The van der Waals surface area contributed by atoms with Crippen molar-refractivity contribution in [3.8, 4) is 0 Å². The predicted molar refractivity (Wildman–Crippen MR) is 438 cm³/mol. The second kappa shape index (κ2) is 42.9. The summed E-state index contributed by atoms with van der Waals surface area (Å²) in [5, 5.41) is 18.9. The van der Waals surface area contributed by atoms with Gasteiger partial charge in [-0.2, -0.15) is 0 Å². The van der Waals surface area contributed by atoms with Crippen LogP contribution in [0.2, 0.25) is 0 Å². The highest BCUT2D eigenvalue weighted by Gasteiger charge is 2.62. The highest BCUT2D eigenvalue weighted by molar-refractivity contribution is 6.76. The van der Waals surface area contributed by atoms with Gasteiger partial charge in [0.15, 0.2) is 80.0 Å². The number of aliphatic hydroxyl groups excluding tert-OH is 1. The molecule has 17 unspecified atom stereocenters. The summed E-state index contributed by atoms with van der Waals surface area (Å²) in [5.74, 6) is -2.86. The lowest BCUT2D eigenvalue weighted by Gasteiger charge is -2.51. The van der Waals surface area contributed by atoms with Crippen molar-refractivity contribution in [3.05, 3.63) is 71.8 Å². The third-order valence-electron chi connectivity index (χ3n) is 25.5. The van der Waals surface area contributed by atoms with E-state index in [1.54, 1.807) is 6.92 Å². The van der Waals surface area contributed by atoms with E-state index in [1.807, 2.05) is 151 Å². The molecule has 30 nitrogen and oxygen atoms in total. The zero-order chi connectivity index (χ0) is 88.8. The van der Waals surface area contributed by atoms with Gasteiger partial charge in [-0.05, 0) is 115 Å². The van der Waals surface area contributed by atoms with Gasteiger partial charge in [0.1, 0.15) is 61.0 Å². The predicted octanol–water partition coefficient (Wildman–Crippen LogP) is 13.1. The summed E-state index contributed by atoms with van der Waals surface area (Å²) in [4.78, 5) is 50.3. The fourth-order valence-electron chi connectivity index (χ4n) is 17.6. The van der Waals surface area contributed by atoms with Crippen molar-refractivity contribution in [3.63, 3.8) is 0 Å². The van der Waals surface area contributed by atoms with E-state index in [1.165, 1.54) is 27.7 Å². The molecule has 686 valence electrons. The average molecular weight is 1780 g/mol. The number of hydrogen-bond acceptors (Lipinski definition) is 30. The van der Waals surface area contributed by atoms with E-state index in [0.717, 1.165) is 11.1 Å². The van der Waals surface area contributed by atoms with Gasteiger partial charge in [0.2, 0.25) is 12.2 Å². The maximum absolute atomic E-state index is 13.1. The molecule has 10 aliphatic heterocycles. The van der Waals surface area contributed by atoms with Gasteiger partial charge in [-0.25, -0.2) is 0 Å². The maximum atomic E-state index is 13.1. The minimum atomic E-state index is -1.82. The number of halogens is 3. The first kappa shape index (κ1) is 99.0. The van der Waals surface area contributed by atoms with Crippen molar-refractivity contribution in [1.29, 1.82) is 5.41 Å². The van der Waals surface area contributed by atoms with E-state index >= 15 is 0 Å². The SMILES string of the molecule is CC1[C@H](C)C(OC(=N)C(Cl)(Cl)Cl)OC[C@H]1C.CCC1O[C@@H](O[C@@H]2C(OC(C)=O)[C@H](O[C@@H]3C(OCc4ccccc4)OC(C)[C@@H]4OC(C)(C)OC34)OC(C)[C@@H]2O)[C@@H](OC(C)=O)C(C)[C@@H]1C.CCC1O[C@@H](O[C@@H]2C(OC(C)=O)[C@H](O[C@@H]3C(OCc4ccccc4)OC(C)[C@@H]4OC(C)(C)OC34)OC(C)[C@@H]2O[C@@H]2OC[C@@H](C)C(C)[C@@H]2C)[C@@H](OC(C)=O)C(C)[C@@H]1C. The van der Waals surface area contributed by atoms with E-state index in [4.69, 9.17) is 154 Å². The number of carbonyl (C=O) groups excluding carboxylic acids is 4. The molecule has 10 heterocycles. The molecule has 2 aromatic rings. The Bertz CT molecular complexity index is 3630. The number of hydrogen-bond donors (Lipinski definition) is 2. The molecule has 0 bridgehead atoms. The summed E-state index contributed by atoms with van der Waals surface area (Å²) in [6, 6.07) is 19.4. The van der Waals surface area contributed by atoms with Gasteiger partial charge in [-0.3, -0.25) is 24.6 Å². The standard InChI is InChI=1S/C43H66O14.C35H52O13.C10H16Cl3NO2/c1-13-31-23(4)24(5)32(50-28(9)44)41(52-31)54-35-33(53-39-25(6)22(3)21(2)19-46-39)26(7)49-42(37(35)51-29(10)45)55-38-36-34(56-43(11,12)57-36)27(8)48-40(38)47-20-30-17-15-14-16-18-30;1-10-24-17(2)18(3)26(42-21(6)36)33(44-24)45-28-25(38)19(4)40-34(30(28)43-22(7)37)46-31-29-27(47-35(8,9)48-29)20(5)41-32(31)39-16-23-14-12-11-13-15-23;1-5-4-15-8(7(3)6(5)2)16-9(14)10(11,12)13/h14-18,21-27,31-42H,13,19-20H2,1-12H3;11-15,17-20,24-34,38H,10,16H2,1-9H3;5-8,14H,4H2,1-3H3/t21-,22?,23+,24?,25+,26?,27?,31?,32+,33+,34+,35+,36?,37?,38+,39+,40?,41+,42+;17-,18?,19?,20?,24?,25-,26-,27-,28-,29?,30?,31-,32?,33-,34-;5-,6?,7+,8?/m101/s1. The topological polar surface area (TPSA) is 334 Å². The lowest BCUT2D eigenvalue weighted by atomic mass is 9.82. The third-order valence-corrected chi connectivity index (χ3v) is 26.0. The first-order valence-corrected chi connectivity index (χ1v) is 44.2. The molecule has 10 fully saturated rings. The average Bonchev–Trinajstić information content (AvgIpc) is 1.65. The van der Waals surface area contributed by atoms with Crippen LogP contribution in [0.1, 0.15) is 190 Å². The van der Waals surface area contributed by atoms with E-state index < -0.39 is 205 Å². The second-order valence-electron chi connectivity index (χ2n) is 35.4. The Morgan fingerprint density at radius 2 is 0.727 bits per heavy atom. The highest BCUT2D eigenvalue weighted by atomic mass is 35.6. The van der Waals surface area contributed by atoms with Crippen LogP contribution < -0.4 is 0 Å². The van der Waals surface area contributed by atoms with Gasteiger partial charge < -0.3 is 119 Å². The molecule has 0 aromatic heterocycles. The van der Waals surface area contributed by atoms with Gasteiger partial charge in [-0.1, -0.05) is 179 Å². The summed E-state index contributed by atoms with van der Waals surface area (Å²) >= 11 is 16.6. The molecular weight excluding hydrogens is 1640 g/mol. The molecule has 10 aliphatic rings. The number of carbonyl (C=O) groups is 4. The van der Waals surface area contributed by atoms with Crippen molar-refractivity contribution in [2.75, 3.05) is 13.2 Å². The number of aliphatic hydroxyl groups is 1. The quantitative estimate of drug-likeness (QED) is 0.0343. The third kappa shape index (κ3) is 24.8. The van der Waals surface area contributed by atoms with Crippen LogP contribution in [0.15, 0.2) is 60.7 Å². The lowest BCUT2D eigenvalue weighted by molar-refractivity contribution is -0.388. The Kier molecular flexibility index (Phi) is 35.1. The number of esters is 4. The zero-order valence-electron chi connectivity index (χ0n) is 74.5. The van der Waals surface area contributed by atoms with Crippen LogP contribution in [0.4, 0.5) is 0 Å². The van der Waals surface area contributed by atoms with Crippen LogP contribution in [-0.4, -0.2) is 236 Å². The summed E-state index contributed by atoms with van der Waals surface area (Å²) in [7, 11) is 0. The fourth-order valence-corrected chi connectivity index (χ4v) is 17.7. The number of ether oxygens (including phenoxy) is 24. The van der Waals surface area contributed by atoms with Crippen LogP contribution in [0.25, 0.3) is 0 Å². The van der Waals surface area contributed by atoms with Crippen LogP contribution in [0.3, 0.4) is 0 Å². The van der Waals surface area contributed by atoms with E-state index in [0.29, 0.717) is 49.7 Å². The highest BCUT2D eigenvalue weighted by Crippen LogP contribution is 2.47. The van der Waals surface area contributed by atoms with E-state index in [2.05, 4.69) is 41.5 Å². The Balaban J connectivity index is 0.000000217. The normalized spacial score (nSPS) is 42.6. The molecule has 38 atom stereocenters. The smallest absolute Gasteiger partial charge is 0.303 e. The molecule has 2 N–H and O–H groups in total. The van der Waals surface area contributed by atoms with Crippen LogP contribution in [0.5, 0.6) is 0 Å². The van der Waals surface area contributed by atoms with Gasteiger partial charge >= 0.3 is 23.9 Å². The van der Waals surface area contributed by atoms with Crippen molar-refractivity contribution in [1.82, 2.24) is 0 Å². The molecule has 2 aromatic carbocycles. The minimum Gasteiger partial charge on any atom is -0.457 e. The Hall–Kier alpha value is -4.14. The molecule has 121 heavy (non-hydrogen) atoms. The first-order chi connectivity index (χ1) is 56.9. The number of nitrogens with one attached hydrogen (secondary N) is 1. The number of alkyl halides is 3. The number of benzene rings is 2. The van der Waals surface area contributed by atoms with Gasteiger partial charge in [0.25, 0.3) is 3.79 Å². The largest absolute Gasteiger partial charge is 0.457 e. The van der Waals surface area contributed by atoms with Crippen LogP contribution in [0, 0.1) is 64.6 Å². The van der Waals surface area contributed by atoms with E-state index in [-0.39, 0.29) is 60.9 Å². The van der Waals surface area contributed by atoms with Crippen molar-refractivity contribution in [2.24, 2.45) is 59.2 Å². The summed E-state index contributed by atoms with van der Waals surface area (Å²) < 4.78 is 149. The minimum absolute atomic E-state index is 0.0246. The van der Waals surface area contributed by atoms with Gasteiger partial charge in [0.05, 0.1) is 63.1 Å². The van der Waals surface area contributed by atoms with Crippen molar-refractivity contribution < 1.29 is 138 Å². The summed E-state index contributed by atoms with van der Waals surface area (Å²) in [6.45, 7) is 46.3. The number of rotatable bonds is 23. The zero-order valence-corrected chi connectivity index (χ0v) is 76.7. The Labute approximate surface area is 728 Å². The second-order valence-corrected chi connectivity index (χ2v) is 37.7. The van der Waals surface area contributed by atoms with Crippen molar-refractivity contribution >= 4 is 64.6 Å².